The fraction of sp³-hybridized carbons (Fsp3) is 0.933. The molecule has 0 saturated carbocycles. The Kier molecular flexibility index (Phi) is 6.03. The molecular formula is C15H30N2S. The quantitative estimate of drug-likeness (QED) is 0.727. The largest absolute Gasteiger partial charge is 0.364 e. The third-order valence-corrected chi connectivity index (χ3v) is 4.90. The van der Waals surface area contributed by atoms with Crippen LogP contribution >= 0.6 is 11.8 Å². The summed E-state index contributed by atoms with van der Waals surface area (Å²) in [7, 11) is 0. The number of rotatable bonds is 6. The van der Waals surface area contributed by atoms with E-state index in [1.54, 1.807) is 0 Å². The monoisotopic (exact) mass is 270 g/mol. The molecule has 1 N–H and O–H groups in total. The number of hydrogen-bond acceptors (Lipinski definition) is 3. The number of thioether (sulfide) groups is 1. The van der Waals surface area contributed by atoms with Crippen LogP contribution in [0.15, 0.2) is 4.99 Å². The fourth-order valence-corrected chi connectivity index (χ4v) is 2.95. The average Bonchev–Trinajstić information content (AvgIpc) is 2.28. The second-order valence-electron chi connectivity index (χ2n) is 7.05. The summed E-state index contributed by atoms with van der Waals surface area (Å²) < 4.78 is 0. The molecule has 0 bridgehead atoms. The van der Waals surface area contributed by atoms with Crippen LogP contribution in [0.4, 0.5) is 0 Å². The number of nitrogens with one attached hydrogen (secondary N) is 1. The molecule has 1 heterocycles. The van der Waals surface area contributed by atoms with Gasteiger partial charge in [0.1, 0.15) is 0 Å². The molecule has 3 heteroatoms. The Labute approximate surface area is 117 Å². The molecule has 0 aromatic rings. The highest BCUT2D eigenvalue weighted by atomic mass is 32.2. The first-order chi connectivity index (χ1) is 8.35. The van der Waals surface area contributed by atoms with E-state index in [9.17, 15) is 0 Å². The second kappa shape index (κ2) is 6.83. The van der Waals surface area contributed by atoms with E-state index in [-0.39, 0.29) is 0 Å². The van der Waals surface area contributed by atoms with E-state index in [0.29, 0.717) is 10.8 Å². The van der Waals surface area contributed by atoms with Crippen LogP contribution in [0.3, 0.4) is 0 Å². The molecule has 18 heavy (non-hydrogen) atoms. The molecule has 0 aromatic carbocycles. The number of nitrogens with zero attached hydrogens (tertiary/aromatic N) is 1. The number of hydrogen-bond donors (Lipinski definition) is 1. The highest BCUT2D eigenvalue weighted by molar-refractivity contribution is 8.13. The normalized spacial score (nSPS) is 19.5. The summed E-state index contributed by atoms with van der Waals surface area (Å²) in [4.78, 5) is 4.65. The van der Waals surface area contributed by atoms with Crippen LogP contribution in [-0.4, -0.2) is 24.0 Å². The zero-order chi connectivity index (χ0) is 13.6. The molecule has 1 rings (SSSR count). The van der Waals surface area contributed by atoms with Crippen molar-refractivity contribution in [3.8, 4) is 0 Å². The molecule has 1 aliphatic heterocycles. The summed E-state index contributed by atoms with van der Waals surface area (Å²) in [6, 6.07) is 0. The predicted octanol–water partition coefficient (Wildman–Crippen LogP) is 4.31. The van der Waals surface area contributed by atoms with Crippen molar-refractivity contribution in [2.24, 2.45) is 15.8 Å². The Balaban J connectivity index is 2.29. The standard InChI is InChI=1S/C15H30N2S/c1-6-7-8-9-14(2,3)10-16-13-17-11-15(4,5)12-18-13/h6-12H2,1-5H3,(H,16,17). The van der Waals surface area contributed by atoms with Gasteiger partial charge in [-0.2, -0.15) is 0 Å². The molecule has 1 aliphatic rings. The summed E-state index contributed by atoms with van der Waals surface area (Å²) in [5, 5.41) is 4.69. The van der Waals surface area contributed by atoms with Crippen molar-refractivity contribution >= 4 is 16.9 Å². The summed E-state index contributed by atoms with van der Waals surface area (Å²) >= 11 is 1.88. The highest BCUT2D eigenvalue weighted by Gasteiger charge is 2.24. The maximum Gasteiger partial charge on any atom is 0.156 e. The Bertz CT molecular complexity index is 282. The number of unbranched alkanes of at least 4 members (excludes halogenated alkanes) is 2. The maximum atomic E-state index is 4.65. The van der Waals surface area contributed by atoms with Gasteiger partial charge in [0, 0.05) is 18.8 Å². The lowest BCUT2D eigenvalue weighted by atomic mass is 9.87. The molecule has 0 amide bonds. The lowest BCUT2D eigenvalue weighted by Gasteiger charge is -2.30. The lowest BCUT2D eigenvalue weighted by Crippen LogP contribution is -2.36. The Hall–Kier alpha value is -0.180. The van der Waals surface area contributed by atoms with E-state index >= 15 is 0 Å². The lowest BCUT2D eigenvalue weighted by molar-refractivity contribution is 0.320. The molecule has 0 atom stereocenters. The molecule has 2 nitrogen and oxygen atoms in total. The smallest absolute Gasteiger partial charge is 0.156 e. The van der Waals surface area contributed by atoms with E-state index in [4.69, 9.17) is 0 Å². The number of aliphatic imine (C=N–C) groups is 1. The fourth-order valence-electron chi connectivity index (χ4n) is 2.00. The van der Waals surface area contributed by atoms with Gasteiger partial charge in [0.25, 0.3) is 0 Å². The Morgan fingerprint density at radius 3 is 2.61 bits per heavy atom. The van der Waals surface area contributed by atoms with Crippen molar-refractivity contribution in [2.45, 2.75) is 60.3 Å². The number of amidine groups is 1. The van der Waals surface area contributed by atoms with Crippen molar-refractivity contribution < 1.29 is 0 Å². The first-order valence-corrected chi connectivity index (χ1v) is 8.24. The van der Waals surface area contributed by atoms with Crippen LogP contribution in [-0.2, 0) is 0 Å². The molecule has 0 radical (unpaired) electrons. The predicted molar refractivity (Wildman–Crippen MR) is 84.5 cm³/mol. The van der Waals surface area contributed by atoms with Gasteiger partial charge in [0.2, 0.25) is 0 Å². The van der Waals surface area contributed by atoms with Crippen LogP contribution < -0.4 is 5.32 Å². The summed E-state index contributed by atoms with van der Waals surface area (Å²) in [5.41, 5.74) is 0.748. The molecule has 0 fully saturated rings. The van der Waals surface area contributed by atoms with Gasteiger partial charge >= 0.3 is 0 Å². The van der Waals surface area contributed by atoms with Crippen molar-refractivity contribution in [1.29, 1.82) is 0 Å². The van der Waals surface area contributed by atoms with E-state index < -0.39 is 0 Å². The van der Waals surface area contributed by atoms with Crippen LogP contribution in [0.5, 0.6) is 0 Å². The van der Waals surface area contributed by atoms with Crippen LogP contribution in [0, 0.1) is 10.8 Å². The summed E-state index contributed by atoms with van der Waals surface area (Å²) in [5.74, 6) is 1.18. The molecular weight excluding hydrogens is 240 g/mol. The van der Waals surface area contributed by atoms with Gasteiger partial charge < -0.3 is 5.32 Å². The Morgan fingerprint density at radius 2 is 2.06 bits per heavy atom. The van der Waals surface area contributed by atoms with Gasteiger partial charge in [0.15, 0.2) is 5.17 Å². The molecule has 0 spiro atoms. The van der Waals surface area contributed by atoms with Crippen molar-refractivity contribution in [3.05, 3.63) is 0 Å². The zero-order valence-corrected chi connectivity index (χ0v) is 13.6. The van der Waals surface area contributed by atoms with Gasteiger partial charge in [-0.3, -0.25) is 4.99 Å². The van der Waals surface area contributed by atoms with Gasteiger partial charge in [0.05, 0.1) is 0 Å². The summed E-state index contributed by atoms with van der Waals surface area (Å²) in [6.07, 6.45) is 5.31. The first kappa shape index (κ1) is 15.9. The first-order valence-electron chi connectivity index (χ1n) is 7.26. The van der Waals surface area contributed by atoms with E-state index in [1.807, 2.05) is 11.8 Å². The SMILES string of the molecule is CCCCCC(C)(C)CNC1=NCC(C)(C)CS1. The van der Waals surface area contributed by atoms with Gasteiger partial charge in [-0.1, -0.05) is 65.6 Å². The van der Waals surface area contributed by atoms with E-state index in [1.165, 1.54) is 31.4 Å². The minimum atomic E-state index is 0.368. The maximum absolute atomic E-state index is 4.65. The molecule has 0 aromatic heterocycles. The summed E-state index contributed by atoms with van der Waals surface area (Å²) in [6.45, 7) is 13.5. The van der Waals surface area contributed by atoms with Crippen molar-refractivity contribution in [3.63, 3.8) is 0 Å². The molecule has 106 valence electrons. The average molecular weight is 270 g/mol. The van der Waals surface area contributed by atoms with Crippen LogP contribution in [0.1, 0.15) is 60.3 Å². The third-order valence-electron chi connectivity index (χ3n) is 3.43. The van der Waals surface area contributed by atoms with E-state index in [0.717, 1.165) is 18.3 Å². The molecule has 0 aliphatic carbocycles. The van der Waals surface area contributed by atoms with Crippen LogP contribution in [0.2, 0.25) is 0 Å². The van der Waals surface area contributed by atoms with Crippen LogP contribution in [0.25, 0.3) is 0 Å². The zero-order valence-electron chi connectivity index (χ0n) is 12.8. The Morgan fingerprint density at radius 1 is 1.33 bits per heavy atom. The third kappa shape index (κ3) is 6.12. The van der Waals surface area contributed by atoms with Gasteiger partial charge in [-0.15, -0.1) is 0 Å². The van der Waals surface area contributed by atoms with Gasteiger partial charge in [-0.05, 0) is 17.3 Å². The minimum absolute atomic E-state index is 0.368. The van der Waals surface area contributed by atoms with Gasteiger partial charge in [-0.25, -0.2) is 0 Å². The minimum Gasteiger partial charge on any atom is -0.364 e. The molecule has 0 unspecified atom stereocenters. The van der Waals surface area contributed by atoms with Crippen molar-refractivity contribution in [1.82, 2.24) is 5.32 Å². The van der Waals surface area contributed by atoms with E-state index in [2.05, 4.69) is 44.9 Å². The topological polar surface area (TPSA) is 24.4 Å². The molecule has 0 saturated heterocycles. The second-order valence-corrected chi connectivity index (χ2v) is 8.01. The van der Waals surface area contributed by atoms with Crippen molar-refractivity contribution in [2.75, 3.05) is 18.8 Å². The highest BCUT2D eigenvalue weighted by Crippen LogP contribution is 2.28.